The minimum atomic E-state index is -0.303. The van der Waals surface area contributed by atoms with Gasteiger partial charge in [0.25, 0.3) is 0 Å². The number of unbranched alkanes of at least 4 members (excludes halogenated alkanes) is 4. The molecule has 0 bridgehead atoms. The molecular formula is C9H17BO2. The molecule has 0 heterocycles. The van der Waals surface area contributed by atoms with Crippen LogP contribution in [0.2, 0.25) is 6.32 Å². The maximum Gasteiger partial charge on any atom is 0.158 e. The first-order valence-electron chi connectivity index (χ1n) is 4.64. The third-order valence-electron chi connectivity index (χ3n) is 1.84. The Morgan fingerprint density at radius 2 is 1.67 bits per heavy atom. The molecule has 1 N–H and O–H groups in total. The lowest BCUT2D eigenvalue weighted by atomic mass is 9.98. The molecule has 0 aromatic carbocycles. The number of hydrogen-bond donors (Lipinski definition) is 1. The summed E-state index contributed by atoms with van der Waals surface area (Å²) in [7, 11) is 5.33. The molecule has 0 fully saturated rings. The van der Waals surface area contributed by atoms with Gasteiger partial charge in [-0.25, -0.2) is 0 Å². The van der Waals surface area contributed by atoms with E-state index >= 15 is 0 Å². The predicted molar refractivity (Wildman–Crippen MR) is 50.4 cm³/mol. The lowest BCUT2D eigenvalue weighted by molar-refractivity contribution is -0.121. The molecule has 0 aliphatic carbocycles. The van der Waals surface area contributed by atoms with E-state index in [0.717, 1.165) is 38.4 Å². The number of carbonyl (C=O) groups is 1. The third kappa shape index (κ3) is 7.80. The van der Waals surface area contributed by atoms with Gasteiger partial charge < -0.3 is 5.11 Å². The van der Waals surface area contributed by atoms with Crippen molar-refractivity contribution in [3.8, 4) is 0 Å². The van der Waals surface area contributed by atoms with Gasteiger partial charge in [-0.15, -0.1) is 0 Å². The Morgan fingerprint density at radius 3 is 2.25 bits per heavy atom. The molecule has 0 saturated heterocycles. The fourth-order valence-electron chi connectivity index (χ4n) is 1.08. The maximum atomic E-state index is 10.6. The summed E-state index contributed by atoms with van der Waals surface area (Å²) in [5.41, 5.74) is 0. The highest BCUT2D eigenvalue weighted by Crippen LogP contribution is 2.06. The van der Waals surface area contributed by atoms with Crippen molar-refractivity contribution in [1.82, 2.24) is 0 Å². The lowest BCUT2D eigenvalue weighted by Gasteiger charge is -1.98. The van der Waals surface area contributed by atoms with E-state index in [1.807, 2.05) is 0 Å². The van der Waals surface area contributed by atoms with Crippen LogP contribution in [-0.4, -0.2) is 25.3 Å². The van der Waals surface area contributed by atoms with Crippen LogP contribution < -0.4 is 0 Å². The van der Waals surface area contributed by atoms with Crippen molar-refractivity contribution in [3.63, 3.8) is 0 Å². The molecule has 3 heteroatoms. The Labute approximate surface area is 75.8 Å². The molecule has 0 saturated carbocycles. The van der Waals surface area contributed by atoms with Gasteiger partial charge in [0.2, 0.25) is 0 Å². The number of carbonyl (C=O) groups excluding carboxylic acids is 1. The predicted octanol–water partition coefficient (Wildman–Crippen LogP) is 1.48. The van der Waals surface area contributed by atoms with Crippen molar-refractivity contribution in [2.24, 2.45) is 0 Å². The first kappa shape index (κ1) is 11.7. The molecule has 0 amide bonds. The minimum absolute atomic E-state index is 0.0474. The molecule has 0 rings (SSSR count). The highest BCUT2D eigenvalue weighted by Gasteiger charge is 1.97. The van der Waals surface area contributed by atoms with E-state index < -0.39 is 0 Å². The van der Waals surface area contributed by atoms with Crippen molar-refractivity contribution < 1.29 is 9.90 Å². The fourth-order valence-corrected chi connectivity index (χ4v) is 1.08. The van der Waals surface area contributed by atoms with Gasteiger partial charge >= 0.3 is 0 Å². The number of Topliss-reactive ketones (excluding diaryl/α,β-unsaturated/α-hetero) is 1. The Kier molecular flexibility index (Phi) is 8.57. The molecule has 0 aliphatic heterocycles. The van der Waals surface area contributed by atoms with Crippen molar-refractivity contribution in [3.05, 3.63) is 0 Å². The minimum Gasteiger partial charge on any atom is -0.389 e. The van der Waals surface area contributed by atoms with E-state index in [1.54, 1.807) is 0 Å². The molecule has 68 valence electrons. The lowest BCUT2D eigenvalue weighted by Crippen LogP contribution is -2.02. The van der Waals surface area contributed by atoms with Crippen molar-refractivity contribution >= 4 is 13.6 Å². The van der Waals surface area contributed by atoms with Crippen LogP contribution in [0.25, 0.3) is 0 Å². The van der Waals surface area contributed by atoms with Gasteiger partial charge in [-0.3, -0.25) is 4.79 Å². The number of ketones is 1. The van der Waals surface area contributed by atoms with Gasteiger partial charge in [0.05, 0.1) is 7.85 Å². The fraction of sp³-hybridized carbons (Fsp3) is 0.889. The second kappa shape index (κ2) is 8.79. The summed E-state index contributed by atoms with van der Waals surface area (Å²) in [4.78, 5) is 10.6. The van der Waals surface area contributed by atoms with Crippen LogP contribution in [0.3, 0.4) is 0 Å². The van der Waals surface area contributed by atoms with E-state index in [-0.39, 0.29) is 12.4 Å². The van der Waals surface area contributed by atoms with Crippen LogP contribution in [-0.2, 0) is 4.79 Å². The van der Waals surface area contributed by atoms with Gasteiger partial charge in [0, 0.05) is 6.42 Å². The quantitative estimate of drug-likeness (QED) is 0.440. The monoisotopic (exact) mass is 168 g/mol. The molecule has 2 radical (unpaired) electrons. The van der Waals surface area contributed by atoms with Gasteiger partial charge in [0.15, 0.2) is 5.78 Å². The topological polar surface area (TPSA) is 37.3 Å². The molecule has 0 aromatic rings. The second-order valence-electron chi connectivity index (χ2n) is 3.00. The third-order valence-corrected chi connectivity index (χ3v) is 1.84. The standard InChI is InChI=1S/C9H17BO2/c10-7-5-3-1-2-4-6-9(12)8-11/h11H,1-8H2. The largest absolute Gasteiger partial charge is 0.389 e. The highest BCUT2D eigenvalue weighted by molar-refractivity contribution is 6.08. The van der Waals surface area contributed by atoms with Crippen LogP contribution in [0.15, 0.2) is 0 Å². The van der Waals surface area contributed by atoms with Gasteiger partial charge in [-0.2, -0.15) is 0 Å². The van der Waals surface area contributed by atoms with Crippen LogP contribution in [0.4, 0.5) is 0 Å². The number of hydrogen-bond acceptors (Lipinski definition) is 2. The second-order valence-corrected chi connectivity index (χ2v) is 3.00. The van der Waals surface area contributed by atoms with Gasteiger partial charge in [-0.1, -0.05) is 32.0 Å². The summed E-state index contributed by atoms with van der Waals surface area (Å²) in [5.74, 6) is -0.0474. The molecule has 2 nitrogen and oxygen atoms in total. The van der Waals surface area contributed by atoms with Crippen molar-refractivity contribution in [1.29, 1.82) is 0 Å². The zero-order chi connectivity index (χ0) is 9.23. The summed E-state index contributed by atoms with van der Waals surface area (Å²) in [5, 5.41) is 8.41. The van der Waals surface area contributed by atoms with E-state index in [1.165, 1.54) is 0 Å². The number of aliphatic hydroxyl groups is 1. The molecule has 0 atom stereocenters. The summed E-state index contributed by atoms with van der Waals surface area (Å²) in [6, 6.07) is 0. The summed E-state index contributed by atoms with van der Waals surface area (Å²) >= 11 is 0. The first-order valence-corrected chi connectivity index (χ1v) is 4.64. The Morgan fingerprint density at radius 1 is 1.08 bits per heavy atom. The van der Waals surface area contributed by atoms with E-state index in [4.69, 9.17) is 13.0 Å². The first-order chi connectivity index (χ1) is 5.81. The molecular weight excluding hydrogens is 151 g/mol. The number of rotatable bonds is 8. The number of aliphatic hydroxyl groups excluding tert-OH is 1. The van der Waals surface area contributed by atoms with Crippen LogP contribution in [0.5, 0.6) is 0 Å². The van der Waals surface area contributed by atoms with Crippen molar-refractivity contribution in [2.75, 3.05) is 6.61 Å². The highest BCUT2D eigenvalue weighted by atomic mass is 16.3. The smallest absolute Gasteiger partial charge is 0.158 e. The normalized spacial score (nSPS) is 10.1. The average molecular weight is 168 g/mol. The Balaban J connectivity index is 2.95. The molecule has 0 unspecified atom stereocenters. The van der Waals surface area contributed by atoms with Crippen molar-refractivity contribution in [2.45, 2.75) is 44.8 Å². The molecule has 0 aliphatic rings. The SMILES string of the molecule is [B]CCCCCCCC(=O)CO. The zero-order valence-corrected chi connectivity index (χ0v) is 7.59. The molecule has 12 heavy (non-hydrogen) atoms. The van der Waals surface area contributed by atoms with Crippen LogP contribution in [0.1, 0.15) is 38.5 Å². The Hall–Kier alpha value is -0.305. The summed E-state index contributed by atoms with van der Waals surface area (Å²) in [6.45, 7) is -0.303. The Bertz CT molecular complexity index is 115. The van der Waals surface area contributed by atoms with Gasteiger partial charge in [-0.05, 0) is 6.42 Å². The van der Waals surface area contributed by atoms with E-state index in [9.17, 15) is 4.79 Å². The summed E-state index contributed by atoms with van der Waals surface area (Å²) in [6.07, 6.45) is 6.65. The maximum absolute atomic E-state index is 10.6. The van der Waals surface area contributed by atoms with Gasteiger partial charge in [0.1, 0.15) is 6.61 Å². The van der Waals surface area contributed by atoms with E-state index in [2.05, 4.69) is 0 Å². The van der Waals surface area contributed by atoms with Crippen LogP contribution >= 0.6 is 0 Å². The average Bonchev–Trinajstić information content (AvgIpc) is 2.10. The zero-order valence-electron chi connectivity index (χ0n) is 7.59. The van der Waals surface area contributed by atoms with E-state index in [0.29, 0.717) is 6.42 Å². The van der Waals surface area contributed by atoms with Crippen LogP contribution in [0, 0.1) is 0 Å². The summed E-state index contributed by atoms with van der Waals surface area (Å²) < 4.78 is 0. The molecule has 0 spiro atoms. The molecule has 0 aromatic heterocycles.